The number of carboxylic acid groups (broad SMARTS) is 1. The monoisotopic (exact) mass is 509 g/mol. The molecular formula is C26H43N3O7. The van der Waals surface area contributed by atoms with E-state index < -0.39 is 23.7 Å². The lowest BCUT2D eigenvalue weighted by molar-refractivity contribution is -0.129. The summed E-state index contributed by atoms with van der Waals surface area (Å²) in [4.78, 5) is 36.5. The van der Waals surface area contributed by atoms with Crippen LogP contribution in [0.15, 0.2) is 24.3 Å². The van der Waals surface area contributed by atoms with Crippen LogP contribution >= 0.6 is 0 Å². The van der Waals surface area contributed by atoms with E-state index in [2.05, 4.69) is 16.0 Å². The minimum atomic E-state index is -1.27. The van der Waals surface area contributed by atoms with Crippen molar-refractivity contribution in [3.63, 3.8) is 0 Å². The molecule has 0 saturated carbocycles. The van der Waals surface area contributed by atoms with Crippen LogP contribution in [0.4, 0.5) is 4.79 Å². The number of rotatable bonds is 15. The summed E-state index contributed by atoms with van der Waals surface area (Å²) in [5, 5.41) is 27.9. The molecule has 2 unspecified atom stereocenters. The van der Waals surface area contributed by atoms with Gasteiger partial charge in [-0.2, -0.15) is 0 Å². The van der Waals surface area contributed by atoms with Crippen LogP contribution in [-0.2, 0) is 9.53 Å². The molecule has 0 aliphatic heterocycles. The zero-order chi connectivity index (χ0) is 27.3. The van der Waals surface area contributed by atoms with E-state index in [0.29, 0.717) is 30.9 Å². The highest BCUT2D eigenvalue weighted by Crippen LogP contribution is 2.21. The van der Waals surface area contributed by atoms with Gasteiger partial charge >= 0.3 is 6.09 Å². The standard InChI is InChI=1S/C26H43N3O7/c1-17(2)18(14-20(29-25(33)34)21(30)16-28-24(32)26(3,4)5)15-27-23(31)19-10-7-8-11-22(19)36-13-9-12-35-6/h7-8,10-11,17-18,20-21,29-30H,9,12-16H2,1-6H3,(H,27,31)(H,28,32)(H,33,34)/t18?,20?,21-/m0/s1. The maximum atomic E-state index is 12.9. The fraction of sp³-hybridized carbons (Fsp3) is 0.654. The predicted molar refractivity (Wildman–Crippen MR) is 137 cm³/mol. The predicted octanol–water partition coefficient (Wildman–Crippen LogP) is 2.65. The van der Waals surface area contributed by atoms with Crippen molar-refractivity contribution < 1.29 is 34.1 Å². The van der Waals surface area contributed by atoms with Crippen LogP contribution in [0.2, 0.25) is 0 Å². The molecule has 0 radical (unpaired) electrons. The topological polar surface area (TPSA) is 146 Å². The van der Waals surface area contributed by atoms with Gasteiger partial charge in [-0.05, 0) is 30.4 Å². The summed E-state index contributed by atoms with van der Waals surface area (Å²) in [5.74, 6) is -0.133. The zero-order valence-corrected chi connectivity index (χ0v) is 22.3. The van der Waals surface area contributed by atoms with E-state index in [0.717, 1.165) is 0 Å². The third-order valence-electron chi connectivity index (χ3n) is 5.83. The molecule has 1 rings (SSSR count). The first-order chi connectivity index (χ1) is 16.9. The lowest BCUT2D eigenvalue weighted by Gasteiger charge is -2.30. The van der Waals surface area contributed by atoms with Gasteiger partial charge in [-0.3, -0.25) is 9.59 Å². The van der Waals surface area contributed by atoms with Gasteiger partial charge in [-0.1, -0.05) is 46.8 Å². The highest BCUT2D eigenvalue weighted by Gasteiger charge is 2.29. The number of carbonyl (C=O) groups excluding carboxylic acids is 2. The van der Waals surface area contributed by atoms with Crippen molar-refractivity contribution in [1.82, 2.24) is 16.0 Å². The molecule has 1 aromatic carbocycles. The third-order valence-corrected chi connectivity index (χ3v) is 5.83. The van der Waals surface area contributed by atoms with Crippen LogP contribution in [0.25, 0.3) is 0 Å². The molecule has 0 fully saturated rings. The second-order valence-corrected chi connectivity index (χ2v) is 10.2. The number of methoxy groups -OCH3 is 1. The van der Waals surface area contributed by atoms with Crippen LogP contribution in [-0.4, -0.2) is 73.7 Å². The van der Waals surface area contributed by atoms with Gasteiger partial charge in [0.05, 0.1) is 24.3 Å². The second kappa shape index (κ2) is 15.3. The maximum absolute atomic E-state index is 12.9. The average molecular weight is 510 g/mol. The Kier molecular flexibility index (Phi) is 13.3. The number of hydrogen-bond donors (Lipinski definition) is 5. The molecule has 3 atom stereocenters. The largest absolute Gasteiger partial charge is 0.493 e. The lowest BCUT2D eigenvalue weighted by Crippen LogP contribution is -2.51. The molecule has 0 bridgehead atoms. The normalized spacial score (nSPS) is 14.0. The number of aliphatic hydroxyl groups excluding tert-OH is 1. The highest BCUT2D eigenvalue weighted by atomic mass is 16.5. The summed E-state index contributed by atoms with van der Waals surface area (Å²) in [6.45, 7) is 10.3. The van der Waals surface area contributed by atoms with E-state index in [1.807, 2.05) is 13.8 Å². The first kappa shape index (κ1) is 31.2. The molecule has 204 valence electrons. The Morgan fingerprint density at radius 2 is 1.69 bits per heavy atom. The molecular weight excluding hydrogens is 466 g/mol. The molecule has 5 N–H and O–H groups in total. The minimum absolute atomic E-state index is 0.0836. The first-order valence-corrected chi connectivity index (χ1v) is 12.3. The average Bonchev–Trinajstić information content (AvgIpc) is 2.80. The van der Waals surface area contributed by atoms with Gasteiger partial charge in [0.2, 0.25) is 5.91 Å². The lowest BCUT2D eigenvalue weighted by atomic mass is 9.87. The molecule has 0 aromatic heterocycles. The van der Waals surface area contributed by atoms with Crippen molar-refractivity contribution >= 4 is 17.9 Å². The summed E-state index contributed by atoms with van der Waals surface area (Å²) in [5.41, 5.74) is -0.230. The fourth-order valence-electron chi connectivity index (χ4n) is 3.48. The maximum Gasteiger partial charge on any atom is 0.404 e. The quantitative estimate of drug-likeness (QED) is 0.228. The summed E-state index contributed by atoms with van der Waals surface area (Å²) < 4.78 is 10.8. The van der Waals surface area contributed by atoms with E-state index in [1.54, 1.807) is 52.1 Å². The number of amides is 3. The van der Waals surface area contributed by atoms with Crippen LogP contribution < -0.4 is 20.7 Å². The van der Waals surface area contributed by atoms with Gasteiger partial charge in [0.15, 0.2) is 0 Å². The Bertz CT molecular complexity index is 839. The number of nitrogens with one attached hydrogen (secondary N) is 3. The van der Waals surface area contributed by atoms with Gasteiger partial charge < -0.3 is 35.6 Å². The van der Waals surface area contributed by atoms with Crippen molar-refractivity contribution in [3.05, 3.63) is 29.8 Å². The Morgan fingerprint density at radius 1 is 1.03 bits per heavy atom. The van der Waals surface area contributed by atoms with Crippen molar-refractivity contribution in [3.8, 4) is 5.75 Å². The van der Waals surface area contributed by atoms with Crippen LogP contribution in [0.3, 0.4) is 0 Å². The number of hydrogen-bond acceptors (Lipinski definition) is 6. The van der Waals surface area contributed by atoms with E-state index in [-0.39, 0.29) is 43.2 Å². The molecule has 1 aromatic rings. The molecule has 0 spiro atoms. The Balaban J connectivity index is 2.83. The second-order valence-electron chi connectivity index (χ2n) is 10.2. The van der Waals surface area contributed by atoms with Crippen LogP contribution in [0, 0.1) is 17.3 Å². The number of para-hydroxylation sites is 1. The molecule has 10 nitrogen and oxygen atoms in total. The summed E-state index contributed by atoms with van der Waals surface area (Å²) in [6, 6.07) is 6.13. The number of benzene rings is 1. The van der Waals surface area contributed by atoms with Crippen molar-refractivity contribution in [1.29, 1.82) is 0 Å². The Morgan fingerprint density at radius 3 is 2.28 bits per heavy atom. The van der Waals surface area contributed by atoms with E-state index in [9.17, 15) is 24.6 Å². The van der Waals surface area contributed by atoms with Gasteiger partial charge in [0.1, 0.15) is 5.75 Å². The number of ether oxygens (including phenoxy) is 2. The molecule has 0 saturated heterocycles. The molecule has 0 heterocycles. The van der Waals surface area contributed by atoms with Crippen LogP contribution in [0.5, 0.6) is 5.75 Å². The van der Waals surface area contributed by atoms with Crippen molar-refractivity contribution in [2.75, 3.05) is 33.4 Å². The highest BCUT2D eigenvalue weighted by molar-refractivity contribution is 5.96. The summed E-state index contributed by atoms with van der Waals surface area (Å²) >= 11 is 0. The van der Waals surface area contributed by atoms with Crippen molar-refractivity contribution in [2.24, 2.45) is 17.3 Å². The zero-order valence-electron chi connectivity index (χ0n) is 22.3. The fourth-order valence-corrected chi connectivity index (χ4v) is 3.48. The number of carbonyl (C=O) groups is 3. The number of aliphatic hydroxyl groups is 1. The molecule has 36 heavy (non-hydrogen) atoms. The smallest absolute Gasteiger partial charge is 0.404 e. The summed E-state index contributed by atoms with van der Waals surface area (Å²) in [6.07, 6.45) is -1.44. The molecule has 0 aliphatic rings. The first-order valence-electron chi connectivity index (χ1n) is 12.3. The van der Waals surface area contributed by atoms with E-state index in [1.165, 1.54) is 0 Å². The Hall–Kier alpha value is -2.85. The molecule has 3 amide bonds. The van der Waals surface area contributed by atoms with Gasteiger partial charge in [0, 0.05) is 38.6 Å². The SMILES string of the molecule is COCCCOc1ccccc1C(=O)NCC(CC(NC(=O)O)[C@@H](O)CNC(=O)C(C)(C)C)C(C)C. The van der Waals surface area contributed by atoms with E-state index >= 15 is 0 Å². The minimum Gasteiger partial charge on any atom is -0.493 e. The van der Waals surface area contributed by atoms with Gasteiger partial charge in [0.25, 0.3) is 5.91 Å². The van der Waals surface area contributed by atoms with Gasteiger partial charge in [-0.15, -0.1) is 0 Å². The Labute approximate surface area is 214 Å². The van der Waals surface area contributed by atoms with E-state index in [4.69, 9.17) is 9.47 Å². The third kappa shape index (κ3) is 11.3. The van der Waals surface area contributed by atoms with Crippen molar-refractivity contribution in [2.45, 2.75) is 59.6 Å². The van der Waals surface area contributed by atoms with Crippen LogP contribution in [0.1, 0.15) is 57.8 Å². The molecule has 0 aliphatic carbocycles. The molecule has 10 heteroatoms. The van der Waals surface area contributed by atoms with Gasteiger partial charge in [-0.25, -0.2) is 4.79 Å². The summed E-state index contributed by atoms with van der Waals surface area (Å²) in [7, 11) is 1.62.